The van der Waals surface area contributed by atoms with E-state index in [2.05, 4.69) is 15.6 Å². The largest absolute Gasteiger partial charge is 0.396 e. The number of halogens is 1. The average Bonchev–Trinajstić information content (AvgIpc) is 2.82. The Balaban J connectivity index is 1.92. The molecule has 0 unspecified atom stereocenters. The van der Waals surface area contributed by atoms with E-state index in [0.29, 0.717) is 22.8 Å². The first kappa shape index (κ1) is 13.8. The summed E-state index contributed by atoms with van der Waals surface area (Å²) in [5, 5.41) is 15.0. The molecule has 3 N–H and O–H groups in total. The summed E-state index contributed by atoms with van der Waals surface area (Å²) in [5.74, 6) is 0.122. The number of carbonyl (C=O) groups excluding carboxylic acids is 1. The van der Waals surface area contributed by atoms with Gasteiger partial charge in [-0.15, -0.1) is 0 Å². The molecule has 6 heteroatoms. The van der Waals surface area contributed by atoms with Gasteiger partial charge in [-0.25, -0.2) is 4.79 Å². The molecule has 0 saturated carbocycles. The molecule has 2 rings (SSSR count). The molecule has 1 aliphatic carbocycles. The van der Waals surface area contributed by atoms with Crippen molar-refractivity contribution in [1.29, 1.82) is 0 Å². The number of rotatable bonds is 3. The number of amides is 2. The third-order valence-electron chi connectivity index (χ3n) is 3.03. The van der Waals surface area contributed by atoms with Crippen molar-refractivity contribution in [2.24, 2.45) is 5.92 Å². The Morgan fingerprint density at radius 1 is 1.58 bits per heavy atom. The van der Waals surface area contributed by atoms with Gasteiger partial charge in [-0.3, -0.25) is 4.98 Å². The Hall–Kier alpha value is -1.59. The summed E-state index contributed by atoms with van der Waals surface area (Å²) in [7, 11) is 0. The van der Waals surface area contributed by atoms with Gasteiger partial charge in [0.05, 0.1) is 16.4 Å². The zero-order valence-corrected chi connectivity index (χ0v) is 11.3. The normalized spacial score (nSPS) is 21.4. The van der Waals surface area contributed by atoms with Gasteiger partial charge in [0.25, 0.3) is 0 Å². The highest BCUT2D eigenvalue weighted by molar-refractivity contribution is 6.34. The number of hydrogen-bond donors (Lipinski definition) is 3. The van der Waals surface area contributed by atoms with E-state index in [0.717, 1.165) is 0 Å². The lowest BCUT2D eigenvalue weighted by molar-refractivity contribution is 0.238. The van der Waals surface area contributed by atoms with Gasteiger partial charge in [-0.1, -0.05) is 23.8 Å². The maximum absolute atomic E-state index is 11.8. The van der Waals surface area contributed by atoms with Gasteiger partial charge >= 0.3 is 6.03 Å². The van der Waals surface area contributed by atoms with Crippen LogP contribution in [0, 0.1) is 12.8 Å². The van der Waals surface area contributed by atoms with Crippen molar-refractivity contribution in [3.8, 4) is 0 Å². The Bertz CT molecular complexity index is 505. The number of carbonyl (C=O) groups is 1. The average molecular weight is 282 g/mol. The van der Waals surface area contributed by atoms with E-state index in [1.54, 1.807) is 19.2 Å². The molecule has 0 aromatic carbocycles. The van der Waals surface area contributed by atoms with Crippen LogP contribution in [0.2, 0.25) is 5.02 Å². The molecule has 2 atom stereocenters. The molecule has 0 fully saturated rings. The van der Waals surface area contributed by atoms with Crippen LogP contribution < -0.4 is 10.6 Å². The van der Waals surface area contributed by atoms with Gasteiger partial charge in [-0.05, 0) is 19.4 Å². The minimum Gasteiger partial charge on any atom is -0.396 e. The fourth-order valence-electron chi connectivity index (χ4n) is 1.99. The summed E-state index contributed by atoms with van der Waals surface area (Å²) in [6.07, 6.45) is 6.11. The quantitative estimate of drug-likeness (QED) is 0.743. The van der Waals surface area contributed by atoms with Crippen LogP contribution in [0.15, 0.2) is 24.4 Å². The third kappa shape index (κ3) is 3.45. The topological polar surface area (TPSA) is 74.2 Å². The predicted octanol–water partition coefficient (Wildman–Crippen LogP) is 2.10. The highest BCUT2D eigenvalue weighted by atomic mass is 35.5. The Morgan fingerprint density at radius 3 is 3.05 bits per heavy atom. The molecule has 19 heavy (non-hydrogen) atoms. The van der Waals surface area contributed by atoms with Crippen molar-refractivity contribution >= 4 is 23.3 Å². The summed E-state index contributed by atoms with van der Waals surface area (Å²) in [4.78, 5) is 15.9. The molecule has 1 aliphatic rings. The zero-order chi connectivity index (χ0) is 13.8. The molecule has 102 valence electrons. The van der Waals surface area contributed by atoms with Crippen LogP contribution in [-0.2, 0) is 0 Å². The number of urea groups is 1. The molecule has 1 heterocycles. The number of hydrogen-bond acceptors (Lipinski definition) is 3. The highest BCUT2D eigenvalue weighted by Gasteiger charge is 2.20. The smallest absolute Gasteiger partial charge is 0.319 e. The molecule has 0 aliphatic heterocycles. The molecular formula is C13H16ClN3O2. The molecule has 2 amide bonds. The number of pyridine rings is 1. The second-order valence-electron chi connectivity index (χ2n) is 4.53. The zero-order valence-electron chi connectivity index (χ0n) is 10.6. The first-order chi connectivity index (χ1) is 9.10. The Kier molecular flexibility index (Phi) is 4.39. The van der Waals surface area contributed by atoms with Crippen LogP contribution >= 0.6 is 11.6 Å². The first-order valence-electron chi connectivity index (χ1n) is 6.08. The van der Waals surface area contributed by atoms with Crippen LogP contribution in [0.5, 0.6) is 0 Å². The number of nitrogens with one attached hydrogen (secondary N) is 2. The number of aromatic nitrogens is 1. The molecule has 0 radical (unpaired) electrons. The number of nitrogens with zero attached hydrogens (tertiary/aromatic N) is 1. The van der Waals surface area contributed by atoms with Gasteiger partial charge in [-0.2, -0.15) is 0 Å². The van der Waals surface area contributed by atoms with E-state index in [1.165, 1.54) is 0 Å². The number of anilines is 1. The van der Waals surface area contributed by atoms with E-state index in [9.17, 15) is 4.79 Å². The minimum atomic E-state index is -0.319. The fourth-order valence-corrected chi connectivity index (χ4v) is 2.15. The summed E-state index contributed by atoms with van der Waals surface area (Å²) in [6, 6.07) is 1.27. The standard InChI is InChI=1S/C13H16ClN3O2/c1-8-12(14)11(4-5-15-8)17-13(19)16-10-3-2-9(6-10)7-18/h2-5,9-10,18H,6-7H2,1H3,(H2,15,16,17,19)/t9-,10+/m0/s1. The van der Waals surface area contributed by atoms with Crippen molar-refractivity contribution in [1.82, 2.24) is 10.3 Å². The van der Waals surface area contributed by atoms with Crippen molar-refractivity contribution in [2.45, 2.75) is 19.4 Å². The second kappa shape index (κ2) is 6.04. The van der Waals surface area contributed by atoms with Crippen molar-refractivity contribution in [2.75, 3.05) is 11.9 Å². The summed E-state index contributed by atoms with van der Waals surface area (Å²) in [6.45, 7) is 1.88. The highest BCUT2D eigenvalue weighted by Crippen LogP contribution is 2.23. The van der Waals surface area contributed by atoms with Gasteiger partial charge in [0.2, 0.25) is 0 Å². The summed E-state index contributed by atoms with van der Waals surface area (Å²) < 4.78 is 0. The lowest BCUT2D eigenvalue weighted by atomic mass is 10.1. The van der Waals surface area contributed by atoms with Crippen LogP contribution in [0.4, 0.5) is 10.5 Å². The van der Waals surface area contributed by atoms with Crippen molar-refractivity contribution in [3.05, 3.63) is 35.1 Å². The van der Waals surface area contributed by atoms with Gasteiger partial charge in [0.1, 0.15) is 0 Å². The molecule has 5 nitrogen and oxygen atoms in total. The SMILES string of the molecule is Cc1nccc(NC(=O)N[C@@H]2C=C[C@H](CO)C2)c1Cl. The maximum Gasteiger partial charge on any atom is 0.319 e. The van der Waals surface area contributed by atoms with E-state index >= 15 is 0 Å². The molecule has 1 aromatic heterocycles. The van der Waals surface area contributed by atoms with Gasteiger partial charge in [0, 0.05) is 24.8 Å². The number of aliphatic hydroxyl groups excluding tert-OH is 1. The van der Waals surface area contributed by atoms with Crippen molar-refractivity contribution < 1.29 is 9.90 Å². The Labute approximate surface area is 116 Å². The van der Waals surface area contributed by atoms with Crippen molar-refractivity contribution in [3.63, 3.8) is 0 Å². The lowest BCUT2D eigenvalue weighted by Crippen LogP contribution is -2.36. The molecular weight excluding hydrogens is 266 g/mol. The van der Waals surface area contributed by atoms with E-state index in [-0.39, 0.29) is 24.6 Å². The maximum atomic E-state index is 11.8. The molecule has 0 spiro atoms. The monoisotopic (exact) mass is 281 g/mol. The van der Waals surface area contributed by atoms with E-state index in [1.807, 2.05) is 12.2 Å². The van der Waals surface area contributed by atoms with Gasteiger partial charge < -0.3 is 15.7 Å². The Morgan fingerprint density at radius 2 is 2.37 bits per heavy atom. The van der Waals surface area contributed by atoms with E-state index in [4.69, 9.17) is 16.7 Å². The lowest BCUT2D eigenvalue weighted by Gasteiger charge is -2.14. The molecule has 0 bridgehead atoms. The molecule has 1 aromatic rings. The first-order valence-corrected chi connectivity index (χ1v) is 6.45. The summed E-state index contributed by atoms with van der Waals surface area (Å²) in [5.41, 5.74) is 1.20. The van der Waals surface area contributed by atoms with Crippen LogP contribution in [0.25, 0.3) is 0 Å². The number of aliphatic hydroxyl groups is 1. The van der Waals surface area contributed by atoms with Gasteiger partial charge in [0.15, 0.2) is 0 Å². The third-order valence-corrected chi connectivity index (χ3v) is 3.51. The number of aryl methyl sites for hydroxylation is 1. The van der Waals surface area contributed by atoms with Crippen LogP contribution in [-0.4, -0.2) is 28.8 Å². The van der Waals surface area contributed by atoms with Crippen LogP contribution in [0.1, 0.15) is 12.1 Å². The predicted molar refractivity (Wildman–Crippen MR) is 74.3 cm³/mol. The second-order valence-corrected chi connectivity index (χ2v) is 4.90. The summed E-state index contributed by atoms with van der Waals surface area (Å²) >= 11 is 6.05. The van der Waals surface area contributed by atoms with Crippen LogP contribution in [0.3, 0.4) is 0 Å². The fraction of sp³-hybridized carbons (Fsp3) is 0.385. The molecule has 0 saturated heterocycles. The minimum absolute atomic E-state index is 0.0566. The van der Waals surface area contributed by atoms with E-state index < -0.39 is 0 Å².